The van der Waals surface area contributed by atoms with Crippen LogP contribution in [0.25, 0.3) is 122 Å². The fourth-order valence-corrected chi connectivity index (χ4v) is 9.25. The first kappa shape index (κ1) is 35.7. The summed E-state index contributed by atoms with van der Waals surface area (Å²) in [5, 5.41) is 4.27. The Morgan fingerprint density at radius 1 is 0.194 bits per heavy atom. The maximum atomic E-state index is 7.11. The van der Waals surface area contributed by atoms with E-state index in [0.29, 0.717) is 0 Å². The number of hydrogen-bond acceptors (Lipinski definition) is 2. The molecule has 0 fully saturated rings. The number of fused-ring (bicyclic) bond motifs is 6. The standard InChI is InChI=1S/C60H38O2/c1-4-16-39(17-5-1)42-22-10-24-44(34-42)46-26-12-28-48(36-46)50-30-14-32-52-54-38-55-53-33-15-31-51(58(53)62-60(55)56(59(54)61-57(50)52)41-20-8-3-9-21-41)49-29-13-27-47(37-49)45-25-11-23-43(35-45)40-18-6-2-7-19-40/h1-38H. The van der Waals surface area contributed by atoms with E-state index >= 15 is 0 Å². The quantitative estimate of drug-likeness (QED) is 0.161. The fourth-order valence-electron chi connectivity index (χ4n) is 9.25. The minimum Gasteiger partial charge on any atom is -0.455 e. The van der Waals surface area contributed by atoms with Crippen molar-refractivity contribution in [3.05, 3.63) is 231 Å². The Bertz CT molecular complexity index is 3390. The summed E-state index contributed by atoms with van der Waals surface area (Å²) >= 11 is 0. The average Bonchev–Trinajstić information content (AvgIpc) is 3.92. The van der Waals surface area contributed by atoms with Gasteiger partial charge in [0.1, 0.15) is 22.3 Å². The van der Waals surface area contributed by atoms with Crippen LogP contribution in [0, 0.1) is 0 Å². The summed E-state index contributed by atoms with van der Waals surface area (Å²) in [7, 11) is 0. The zero-order chi connectivity index (χ0) is 41.0. The molecule has 10 aromatic carbocycles. The van der Waals surface area contributed by atoms with Crippen molar-refractivity contribution in [3.8, 4) is 77.9 Å². The van der Waals surface area contributed by atoms with E-state index in [4.69, 9.17) is 8.83 Å². The molecule has 0 amide bonds. The van der Waals surface area contributed by atoms with Crippen LogP contribution in [-0.2, 0) is 0 Å². The SMILES string of the molecule is c1ccc(-c2cccc(-c3cccc(-c4cccc5c4oc4c(-c6ccccc6)c6oc7c(-c8cccc(-c9cccc(-c%10ccccc%10)c9)c8)cccc7c6cc45)c3)c2)cc1. The molecule has 12 aromatic rings. The molecular weight excluding hydrogens is 753 g/mol. The molecule has 2 nitrogen and oxygen atoms in total. The van der Waals surface area contributed by atoms with Crippen LogP contribution in [0.15, 0.2) is 239 Å². The topological polar surface area (TPSA) is 26.3 Å². The molecule has 2 heterocycles. The van der Waals surface area contributed by atoms with E-state index in [1.54, 1.807) is 0 Å². The molecule has 62 heavy (non-hydrogen) atoms. The van der Waals surface area contributed by atoms with Gasteiger partial charge in [-0.15, -0.1) is 0 Å². The summed E-state index contributed by atoms with van der Waals surface area (Å²) in [4.78, 5) is 0. The van der Waals surface area contributed by atoms with Gasteiger partial charge >= 0.3 is 0 Å². The Morgan fingerprint density at radius 2 is 0.500 bits per heavy atom. The van der Waals surface area contributed by atoms with Crippen molar-refractivity contribution >= 4 is 43.9 Å². The fraction of sp³-hybridized carbons (Fsp3) is 0. The van der Waals surface area contributed by atoms with E-state index < -0.39 is 0 Å². The number of benzene rings is 10. The molecule has 0 bridgehead atoms. The van der Waals surface area contributed by atoms with E-state index in [1.165, 1.54) is 33.4 Å². The monoisotopic (exact) mass is 790 g/mol. The lowest BCUT2D eigenvalue weighted by Gasteiger charge is -2.09. The second kappa shape index (κ2) is 14.8. The van der Waals surface area contributed by atoms with Gasteiger partial charge in [-0.3, -0.25) is 0 Å². The molecule has 0 atom stereocenters. The molecule has 0 saturated heterocycles. The smallest absolute Gasteiger partial charge is 0.147 e. The first-order valence-corrected chi connectivity index (χ1v) is 21.1. The van der Waals surface area contributed by atoms with Gasteiger partial charge in [-0.1, -0.05) is 200 Å². The molecular formula is C60H38O2. The van der Waals surface area contributed by atoms with Crippen LogP contribution < -0.4 is 0 Å². The predicted octanol–water partition coefficient (Wildman–Crippen LogP) is 17.2. The average molecular weight is 791 g/mol. The highest BCUT2D eigenvalue weighted by molar-refractivity contribution is 6.24. The van der Waals surface area contributed by atoms with Crippen molar-refractivity contribution in [3.63, 3.8) is 0 Å². The van der Waals surface area contributed by atoms with Crippen molar-refractivity contribution in [2.24, 2.45) is 0 Å². The molecule has 0 spiro atoms. The maximum Gasteiger partial charge on any atom is 0.147 e. The number of furan rings is 2. The summed E-state index contributed by atoms with van der Waals surface area (Å²) in [5.41, 5.74) is 19.1. The summed E-state index contributed by atoms with van der Waals surface area (Å²) < 4.78 is 14.2. The zero-order valence-corrected chi connectivity index (χ0v) is 33.8. The zero-order valence-electron chi connectivity index (χ0n) is 33.8. The Labute approximate surface area is 359 Å². The Kier molecular flexibility index (Phi) is 8.53. The van der Waals surface area contributed by atoms with E-state index in [-0.39, 0.29) is 0 Å². The van der Waals surface area contributed by atoms with Gasteiger partial charge < -0.3 is 8.83 Å². The largest absolute Gasteiger partial charge is 0.455 e. The second-order valence-corrected chi connectivity index (χ2v) is 16.0. The summed E-state index contributed by atoms with van der Waals surface area (Å²) in [6.07, 6.45) is 0. The Morgan fingerprint density at radius 3 is 0.903 bits per heavy atom. The van der Waals surface area contributed by atoms with Crippen LogP contribution in [0.3, 0.4) is 0 Å². The van der Waals surface area contributed by atoms with Gasteiger partial charge in [0.25, 0.3) is 0 Å². The Balaban J connectivity index is 1.01. The molecule has 2 heteroatoms. The molecule has 2 aromatic heterocycles. The molecule has 0 saturated carbocycles. The van der Waals surface area contributed by atoms with Gasteiger partial charge in [0.15, 0.2) is 0 Å². The van der Waals surface area contributed by atoms with Crippen LogP contribution in [0.1, 0.15) is 0 Å². The Hall–Kier alpha value is -8.20. The first-order chi connectivity index (χ1) is 30.7. The third-order valence-electron chi connectivity index (χ3n) is 12.3. The van der Waals surface area contributed by atoms with Crippen LogP contribution >= 0.6 is 0 Å². The molecule has 290 valence electrons. The molecule has 0 aliphatic carbocycles. The second-order valence-electron chi connectivity index (χ2n) is 16.0. The van der Waals surface area contributed by atoms with E-state index in [9.17, 15) is 0 Å². The minimum absolute atomic E-state index is 0.818. The third kappa shape index (κ3) is 6.12. The van der Waals surface area contributed by atoms with E-state index in [1.807, 2.05) is 0 Å². The van der Waals surface area contributed by atoms with Crippen LogP contribution in [0.5, 0.6) is 0 Å². The van der Waals surface area contributed by atoms with Crippen LogP contribution in [-0.4, -0.2) is 0 Å². The molecule has 0 aliphatic heterocycles. The highest BCUT2D eigenvalue weighted by Gasteiger charge is 2.23. The van der Waals surface area contributed by atoms with Crippen LogP contribution in [0.4, 0.5) is 0 Å². The molecule has 0 aliphatic rings. The lowest BCUT2D eigenvalue weighted by Crippen LogP contribution is -1.84. The van der Waals surface area contributed by atoms with Crippen molar-refractivity contribution in [1.82, 2.24) is 0 Å². The lowest BCUT2D eigenvalue weighted by molar-refractivity contribution is 0.659. The van der Waals surface area contributed by atoms with Crippen molar-refractivity contribution < 1.29 is 8.83 Å². The van der Waals surface area contributed by atoms with E-state index in [2.05, 4.69) is 231 Å². The maximum absolute atomic E-state index is 7.11. The third-order valence-corrected chi connectivity index (χ3v) is 12.3. The number of para-hydroxylation sites is 2. The van der Waals surface area contributed by atoms with Crippen LogP contribution in [0.2, 0.25) is 0 Å². The van der Waals surface area contributed by atoms with Gasteiger partial charge in [0.2, 0.25) is 0 Å². The summed E-state index contributed by atoms with van der Waals surface area (Å²) in [6, 6.07) is 82.0. The van der Waals surface area contributed by atoms with Gasteiger partial charge in [-0.2, -0.15) is 0 Å². The van der Waals surface area contributed by atoms with Gasteiger partial charge in [0.05, 0.1) is 5.56 Å². The number of hydrogen-bond donors (Lipinski definition) is 0. The summed E-state index contributed by atoms with van der Waals surface area (Å²) in [6.45, 7) is 0. The van der Waals surface area contributed by atoms with Crippen molar-refractivity contribution in [2.75, 3.05) is 0 Å². The van der Waals surface area contributed by atoms with E-state index in [0.717, 1.165) is 88.4 Å². The first-order valence-electron chi connectivity index (χ1n) is 21.1. The number of rotatable bonds is 7. The molecule has 0 radical (unpaired) electrons. The van der Waals surface area contributed by atoms with Gasteiger partial charge in [0, 0.05) is 32.7 Å². The minimum atomic E-state index is 0.818. The molecule has 0 unspecified atom stereocenters. The normalized spacial score (nSPS) is 11.5. The molecule has 0 N–H and O–H groups in total. The van der Waals surface area contributed by atoms with Gasteiger partial charge in [-0.05, 0) is 91.5 Å². The molecule has 12 rings (SSSR count). The predicted molar refractivity (Wildman–Crippen MR) is 259 cm³/mol. The van der Waals surface area contributed by atoms with Crippen molar-refractivity contribution in [1.29, 1.82) is 0 Å². The highest BCUT2D eigenvalue weighted by atomic mass is 16.3. The highest BCUT2D eigenvalue weighted by Crippen LogP contribution is 2.48. The lowest BCUT2D eigenvalue weighted by atomic mass is 9.94. The van der Waals surface area contributed by atoms with Gasteiger partial charge in [-0.25, -0.2) is 0 Å². The van der Waals surface area contributed by atoms with Crippen molar-refractivity contribution in [2.45, 2.75) is 0 Å². The summed E-state index contributed by atoms with van der Waals surface area (Å²) in [5.74, 6) is 0.